The lowest BCUT2D eigenvalue weighted by atomic mass is 9.44. The Morgan fingerprint density at radius 1 is 1.14 bits per heavy atom. The van der Waals surface area contributed by atoms with Gasteiger partial charge in [0, 0.05) is 29.8 Å². The van der Waals surface area contributed by atoms with E-state index in [0.717, 1.165) is 31.3 Å². The first-order valence-corrected chi connectivity index (χ1v) is 13.7. The van der Waals surface area contributed by atoms with Crippen LogP contribution < -0.4 is 0 Å². The summed E-state index contributed by atoms with van der Waals surface area (Å²) in [5.74, 6) is -2.33. The maximum atomic E-state index is 17.5. The van der Waals surface area contributed by atoms with Crippen molar-refractivity contribution in [2.75, 3.05) is 13.7 Å². The van der Waals surface area contributed by atoms with Crippen molar-refractivity contribution < 1.29 is 33.3 Å². The van der Waals surface area contributed by atoms with Gasteiger partial charge in [0.15, 0.2) is 17.2 Å². The fourth-order valence-electron chi connectivity index (χ4n) is 9.67. The minimum absolute atomic E-state index is 0.0299. The molecule has 9 atom stereocenters. The van der Waals surface area contributed by atoms with Gasteiger partial charge < -0.3 is 19.3 Å². The molecule has 5 aliphatic carbocycles. The van der Waals surface area contributed by atoms with Crippen LogP contribution in [0.15, 0.2) is 23.8 Å². The molecule has 6 rings (SSSR count). The number of methoxy groups -OCH3 is 1. The number of hydrogen-bond donors (Lipinski definition) is 1. The summed E-state index contributed by atoms with van der Waals surface area (Å²) >= 11 is 0. The maximum absolute atomic E-state index is 17.5. The number of halogens is 1. The molecule has 1 saturated heterocycles. The molecular weight excluding hydrogens is 463 g/mol. The van der Waals surface area contributed by atoms with Gasteiger partial charge in [-0.05, 0) is 69.4 Å². The van der Waals surface area contributed by atoms with E-state index in [-0.39, 0.29) is 42.3 Å². The highest BCUT2D eigenvalue weighted by atomic mass is 19.1. The van der Waals surface area contributed by atoms with Crippen molar-refractivity contribution >= 4 is 11.6 Å². The van der Waals surface area contributed by atoms with Crippen LogP contribution in [0.2, 0.25) is 0 Å². The van der Waals surface area contributed by atoms with Gasteiger partial charge in [0.2, 0.25) is 0 Å². The first-order chi connectivity index (χ1) is 17.0. The zero-order chi connectivity index (χ0) is 25.7. The van der Waals surface area contributed by atoms with Crippen LogP contribution in [-0.4, -0.2) is 53.7 Å². The monoisotopic (exact) mass is 502 g/mol. The third-order valence-corrected chi connectivity index (χ3v) is 11.4. The molecule has 7 heteroatoms. The Balaban J connectivity index is 1.44. The Morgan fingerprint density at radius 3 is 2.56 bits per heavy atom. The van der Waals surface area contributed by atoms with Gasteiger partial charge in [0.05, 0.1) is 6.10 Å². The molecule has 0 bridgehead atoms. The van der Waals surface area contributed by atoms with E-state index in [1.165, 1.54) is 6.08 Å². The predicted molar refractivity (Wildman–Crippen MR) is 129 cm³/mol. The minimum Gasteiger partial charge on any atom is -0.390 e. The van der Waals surface area contributed by atoms with E-state index in [4.69, 9.17) is 14.2 Å². The summed E-state index contributed by atoms with van der Waals surface area (Å²) in [5, 5.41) is 11.7. The molecule has 0 aromatic heterocycles. The molecular formula is C29H39FO6. The van der Waals surface area contributed by atoms with Gasteiger partial charge in [-0.15, -0.1) is 0 Å². The summed E-state index contributed by atoms with van der Waals surface area (Å²) in [4.78, 5) is 25.9. The zero-order valence-corrected chi connectivity index (χ0v) is 21.8. The smallest absolute Gasteiger partial charge is 0.287 e. The highest BCUT2D eigenvalue weighted by Crippen LogP contribution is 2.72. The van der Waals surface area contributed by atoms with Gasteiger partial charge in [-0.3, -0.25) is 9.59 Å². The zero-order valence-electron chi connectivity index (χ0n) is 21.8. The number of allylic oxidation sites excluding steroid dienone is 4. The second-order valence-corrected chi connectivity index (χ2v) is 12.7. The van der Waals surface area contributed by atoms with E-state index in [2.05, 4.69) is 0 Å². The molecule has 6 nitrogen and oxygen atoms in total. The van der Waals surface area contributed by atoms with Gasteiger partial charge in [-0.25, -0.2) is 4.39 Å². The largest absolute Gasteiger partial charge is 0.390 e. The van der Waals surface area contributed by atoms with E-state index in [1.54, 1.807) is 19.3 Å². The normalized spacial score (nSPS) is 52.8. The average Bonchev–Trinajstić information content (AvgIpc) is 3.45. The van der Waals surface area contributed by atoms with Crippen LogP contribution in [0.4, 0.5) is 4.39 Å². The Morgan fingerprint density at radius 2 is 1.86 bits per heavy atom. The van der Waals surface area contributed by atoms with Gasteiger partial charge in [-0.2, -0.15) is 0 Å². The molecule has 1 aliphatic heterocycles. The molecule has 0 radical (unpaired) electrons. The number of ketones is 2. The van der Waals surface area contributed by atoms with Gasteiger partial charge in [-0.1, -0.05) is 38.3 Å². The Labute approximate surface area is 212 Å². The highest BCUT2D eigenvalue weighted by molar-refractivity contribution is 6.01. The molecule has 0 amide bonds. The molecule has 0 aromatic carbocycles. The van der Waals surface area contributed by atoms with Crippen LogP contribution >= 0.6 is 0 Å². The number of alkyl halides is 1. The third-order valence-electron chi connectivity index (χ3n) is 11.4. The van der Waals surface area contributed by atoms with Gasteiger partial charge in [0.1, 0.15) is 12.2 Å². The molecule has 1 unspecified atom stereocenters. The summed E-state index contributed by atoms with van der Waals surface area (Å²) in [5.41, 5.74) is -4.21. The second-order valence-electron chi connectivity index (χ2n) is 12.7. The van der Waals surface area contributed by atoms with Crippen molar-refractivity contribution in [3.63, 3.8) is 0 Å². The number of carbonyl (C=O) groups excluding carboxylic acids is 2. The molecule has 1 N–H and O–H groups in total. The molecule has 1 heterocycles. The fourth-order valence-corrected chi connectivity index (χ4v) is 9.67. The number of ether oxygens (including phenoxy) is 3. The molecule has 6 aliphatic rings. The van der Waals surface area contributed by atoms with Crippen molar-refractivity contribution in [1.29, 1.82) is 0 Å². The third kappa shape index (κ3) is 2.76. The topological polar surface area (TPSA) is 82.1 Å². The SMILES string of the molecule is COC1(C2CCCC2)OCC(=O)[C@@]2(O1)[C@@H](C)C[C@H]1[C@@H]3CCC4=CC(=O)C=C[C@]4(C)[C@@]3(F)[C@@H](O)C[C@@]12C. The highest BCUT2D eigenvalue weighted by Gasteiger charge is 2.78. The molecule has 4 saturated carbocycles. The quantitative estimate of drug-likeness (QED) is 0.601. The summed E-state index contributed by atoms with van der Waals surface area (Å²) < 4.78 is 36.3. The Hall–Kier alpha value is -1.41. The second kappa shape index (κ2) is 7.81. The molecule has 5 fully saturated rings. The first kappa shape index (κ1) is 24.9. The van der Waals surface area contributed by atoms with Gasteiger partial charge in [0.25, 0.3) is 5.97 Å². The number of fused-ring (bicyclic) bond motifs is 6. The lowest BCUT2D eigenvalue weighted by Crippen LogP contribution is -2.72. The number of Topliss-reactive ketones (excluding diaryl/α,β-unsaturated/α-hetero) is 1. The molecule has 198 valence electrons. The van der Waals surface area contributed by atoms with Crippen molar-refractivity contribution in [1.82, 2.24) is 0 Å². The van der Waals surface area contributed by atoms with Gasteiger partial charge >= 0.3 is 0 Å². The van der Waals surface area contributed by atoms with Crippen molar-refractivity contribution in [3.8, 4) is 0 Å². The van der Waals surface area contributed by atoms with E-state index >= 15 is 4.39 Å². The van der Waals surface area contributed by atoms with Crippen molar-refractivity contribution in [2.24, 2.45) is 34.5 Å². The van der Waals surface area contributed by atoms with Crippen molar-refractivity contribution in [2.45, 2.75) is 95.5 Å². The van der Waals surface area contributed by atoms with Crippen LogP contribution in [0.1, 0.15) is 72.1 Å². The average molecular weight is 503 g/mol. The standard InChI is InChI=1S/C29H39FO6/c1-17-13-22-21-10-9-19-14-20(31)11-12-25(19,2)27(21,30)23(32)15-26(22,3)28(17)24(33)16-35-29(34-4,36-28)18-7-5-6-8-18/h11-12,14,17-18,21-23,32H,5-10,13,15-16H2,1-4H3/t17-,21-,22-,23-,25-,26-,27-,28-,29?/m0/s1. The first-order valence-electron chi connectivity index (χ1n) is 13.7. The fraction of sp³-hybridized carbons (Fsp3) is 0.793. The van der Waals surface area contributed by atoms with Crippen LogP contribution in [-0.2, 0) is 23.8 Å². The Kier molecular flexibility index (Phi) is 5.40. The van der Waals surface area contributed by atoms with E-state index in [0.29, 0.717) is 19.3 Å². The summed E-state index contributed by atoms with van der Waals surface area (Å²) in [6, 6.07) is 0. The summed E-state index contributed by atoms with van der Waals surface area (Å²) in [7, 11) is 1.58. The van der Waals surface area contributed by atoms with Crippen LogP contribution in [0.5, 0.6) is 0 Å². The van der Waals surface area contributed by atoms with Crippen molar-refractivity contribution in [3.05, 3.63) is 23.8 Å². The lowest BCUT2D eigenvalue weighted by Gasteiger charge is -2.64. The van der Waals surface area contributed by atoms with E-state index < -0.39 is 40.1 Å². The van der Waals surface area contributed by atoms with Crippen LogP contribution in [0.25, 0.3) is 0 Å². The number of aliphatic hydroxyl groups is 1. The molecule has 0 aromatic rings. The predicted octanol–water partition coefficient (Wildman–Crippen LogP) is 4.45. The van der Waals surface area contributed by atoms with E-state index in [9.17, 15) is 14.7 Å². The number of hydrogen-bond acceptors (Lipinski definition) is 6. The Bertz CT molecular complexity index is 1050. The minimum atomic E-state index is -1.93. The lowest BCUT2D eigenvalue weighted by molar-refractivity contribution is -0.447. The maximum Gasteiger partial charge on any atom is 0.287 e. The van der Waals surface area contributed by atoms with E-state index in [1.807, 2.05) is 20.8 Å². The van der Waals surface area contributed by atoms with Crippen LogP contribution in [0.3, 0.4) is 0 Å². The summed E-state index contributed by atoms with van der Waals surface area (Å²) in [6.07, 6.45) is 9.17. The van der Waals surface area contributed by atoms with Crippen LogP contribution in [0, 0.1) is 34.5 Å². The molecule has 1 spiro atoms. The molecule has 36 heavy (non-hydrogen) atoms. The summed E-state index contributed by atoms with van der Waals surface area (Å²) in [6.45, 7) is 5.77. The number of aliphatic hydroxyl groups excluding tert-OH is 1. The number of carbonyl (C=O) groups is 2. The number of rotatable bonds is 2.